The molecule has 0 spiro atoms. The molecule has 110 valence electrons. The van der Waals surface area contributed by atoms with Gasteiger partial charge in [-0.3, -0.25) is 4.21 Å². The predicted octanol–water partition coefficient (Wildman–Crippen LogP) is 2.19. The summed E-state index contributed by atoms with van der Waals surface area (Å²) in [6, 6.07) is 1.81. The molecule has 0 aliphatic heterocycles. The van der Waals surface area contributed by atoms with Crippen molar-refractivity contribution >= 4 is 51.7 Å². The van der Waals surface area contributed by atoms with Crippen LogP contribution in [-0.4, -0.2) is 39.9 Å². The van der Waals surface area contributed by atoms with E-state index in [1.807, 2.05) is 0 Å². The molecule has 0 aromatic heterocycles. The zero-order chi connectivity index (χ0) is 15.3. The van der Waals surface area contributed by atoms with Crippen molar-refractivity contribution in [2.75, 3.05) is 23.9 Å². The van der Waals surface area contributed by atoms with Crippen LogP contribution in [0.5, 0.6) is 0 Å². The van der Waals surface area contributed by atoms with Crippen LogP contribution < -0.4 is 10.6 Å². The maximum absolute atomic E-state index is 11.6. The number of benzene rings is 1. The van der Waals surface area contributed by atoms with Crippen molar-refractivity contribution in [2.24, 2.45) is 0 Å². The van der Waals surface area contributed by atoms with Gasteiger partial charge in [0.2, 0.25) is 0 Å². The highest BCUT2D eigenvalue weighted by Gasteiger charge is 2.14. The fourth-order valence-electron chi connectivity index (χ4n) is 1.28. The third-order valence-corrected chi connectivity index (χ3v) is 3.58. The number of hydrogen-bond donors (Lipinski definition) is 3. The molecule has 1 aromatic carbocycles. The van der Waals surface area contributed by atoms with Gasteiger partial charge < -0.3 is 15.7 Å². The summed E-state index contributed by atoms with van der Waals surface area (Å²) >= 11 is 11.7. The van der Waals surface area contributed by atoms with Crippen molar-refractivity contribution in [1.82, 2.24) is 5.32 Å². The molecule has 0 saturated carbocycles. The molecule has 0 saturated heterocycles. The lowest BCUT2D eigenvalue weighted by molar-refractivity contribution is 0.0697. The van der Waals surface area contributed by atoms with Gasteiger partial charge in [-0.05, 0) is 12.1 Å². The van der Waals surface area contributed by atoms with Crippen LogP contribution in [0.2, 0.25) is 10.0 Å². The molecule has 0 aliphatic carbocycles. The number of carbonyl (C=O) groups is 2. The molecular weight excluding hydrogens is 327 g/mol. The Morgan fingerprint density at radius 3 is 2.30 bits per heavy atom. The Morgan fingerprint density at radius 1 is 1.30 bits per heavy atom. The van der Waals surface area contributed by atoms with Crippen LogP contribution in [0, 0.1) is 0 Å². The SMILES string of the molecule is CS(=O)CCNC(=O)Nc1c(Cl)cc(C(=O)O)cc1Cl. The lowest BCUT2D eigenvalue weighted by Gasteiger charge is -2.11. The maximum Gasteiger partial charge on any atom is 0.335 e. The van der Waals surface area contributed by atoms with E-state index in [4.69, 9.17) is 28.3 Å². The monoisotopic (exact) mass is 338 g/mol. The molecule has 9 heteroatoms. The Hall–Kier alpha value is -1.31. The second kappa shape index (κ2) is 7.47. The highest BCUT2D eigenvalue weighted by molar-refractivity contribution is 7.84. The molecule has 2 amide bonds. The Bertz CT molecular complexity index is 542. The Morgan fingerprint density at radius 2 is 1.85 bits per heavy atom. The van der Waals surface area contributed by atoms with E-state index in [2.05, 4.69) is 10.6 Å². The van der Waals surface area contributed by atoms with E-state index in [9.17, 15) is 13.8 Å². The van der Waals surface area contributed by atoms with E-state index >= 15 is 0 Å². The molecule has 0 heterocycles. The Kier molecular flexibility index (Phi) is 6.25. The molecule has 0 aliphatic rings. The van der Waals surface area contributed by atoms with Crippen molar-refractivity contribution in [3.63, 3.8) is 0 Å². The molecule has 0 bridgehead atoms. The highest BCUT2D eigenvalue weighted by atomic mass is 35.5. The van der Waals surface area contributed by atoms with Gasteiger partial charge in [0.15, 0.2) is 0 Å². The number of urea groups is 1. The summed E-state index contributed by atoms with van der Waals surface area (Å²) in [6.07, 6.45) is 1.53. The first-order chi connectivity index (χ1) is 9.31. The van der Waals surface area contributed by atoms with Crippen molar-refractivity contribution in [3.05, 3.63) is 27.7 Å². The number of carbonyl (C=O) groups excluding carboxylic acids is 1. The molecular formula is C11H12Cl2N2O4S. The fraction of sp³-hybridized carbons (Fsp3) is 0.273. The quantitative estimate of drug-likeness (QED) is 0.766. The highest BCUT2D eigenvalue weighted by Crippen LogP contribution is 2.31. The van der Waals surface area contributed by atoms with E-state index in [0.717, 1.165) is 0 Å². The third-order valence-electron chi connectivity index (χ3n) is 2.20. The molecule has 1 aromatic rings. The molecule has 0 fully saturated rings. The molecule has 0 radical (unpaired) electrons. The molecule has 1 unspecified atom stereocenters. The lowest BCUT2D eigenvalue weighted by Crippen LogP contribution is -2.32. The van der Waals surface area contributed by atoms with Crippen molar-refractivity contribution in [1.29, 1.82) is 0 Å². The van der Waals surface area contributed by atoms with Crippen LogP contribution in [-0.2, 0) is 10.8 Å². The average Bonchev–Trinajstić information content (AvgIpc) is 2.32. The van der Waals surface area contributed by atoms with E-state index in [0.29, 0.717) is 5.75 Å². The number of rotatable bonds is 5. The topological polar surface area (TPSA) is 95.5 Å². The zero-order valence-corrected chi connectivity index (χ0v) is 12.7. The van der Waals surface area contributed by atoms with Gasteiger partial charge in [-0.25, -0.2) is 9.59 Å². The first kappa shape index (κ1) is 16.7. The van der Waals surface area contributed by atoms with E-state index in [1.165, 1.54) is 18.4 Å². The number of carboxylic acid groups (broad SMARTS) is 1. The van der Waals surface area contributed by atoms with E-state index in [-0.39, 0.29) is 27.8 Å². The van der Waals surface area contributed by atoms with Gasteiger partial charge in [-0.15, -0.1) is 0 Å². The largest absolute Gasteiger partial charge is 0.478 e. The minimum atomic E-state index is -1.17. The standard InChI is InChI=1S/C11H12Cl2N2O4S/c1-20(19)3-2-14-11(18)15-9-7(12)4-6(10(16)17)5-8(9)13/h4-5H,2-3H2,1H3,(H,16,17)(H2,14,15,18). The fourth-order valence-corrected chi connectivity index (χ4v) is 2.25. The van der Waals surface area contributed by atoms with Gasteiger partial charge in [0.25, 0.3) is 0 Å². The van der Waals surface area contributed by atoms with Crippen molar-refractivity contribution in [2.45, 2.75) is 0 Å². The maximum atomic E-state index is 11.6. The Labute approximate surface area is 127 Å². The van der Waals surface area contributed by atoms with Gasteiger partial charge in [-0.1, -0.05) is 23.2 Å². The number of anilines is 1. The second-order valence-electron chi connectivity index (χ2n) is 3.78. The number of halogens is 2. The van der Waals surface area contributed by atoms with E-state index in [1.54, 1.807) is 0 Å². The van der Waals surface area contributed by atoms with Gasteiger partial charge in [0.1, 0.15) is 0 Å². The summed E-state index contributed by atoms with van der Waals surface area (Å²) in [5, 5.41) is 13.8. The minimum Gasteiger partial charge on any atom is -0.478 e. The first-order valence-corrected chi connectivity index (χ1v) is 7.86. The first-order valence-electron chi connectivity index (χ1n) is 5.38. The van der Waals surface area contributed by atoms with Gasteiger partial charge in [-0.2, -0.15) is 0 Å². The molecule has 6 nitrogen and oxygen atoms in total. The average molecular weight is 339 g/mol. The van der Waals surface area contributed by atoms with Crippen LogP contribution in [0.15, 0.2) is 12.1 Å². The summed E-state index contributed by atoms with van der Waals surface area (Å²) < 4.78 is 10.8. The third kappa shape index (κ3) is 4.99. The summed E-state index contributed by atoms with van der Waals surface area (Å²) in [5.41, 5.74) is 0.0424. The number of aromatic carboxylic acids is 1. The normalized spacial score (nSPS) is 11.8. The van der Waals surface area contributed by atoms with Crippen LogP contribution in [0.1, 0.15) is 10.4 Å². The van der Waals surface area contributed by atoms with Gasteiger partial charge >= 0.3 is 12.0 Å². The van der Waals surface area contributed by atoms with Crippen LogP contribution >= 0.6 is 23.2 Å². The Balaban J connectivity index is 2.75. The second-order valence-corrected chi connectivity index (χ2v) is 6.15. The van der Waals surface area contributed by atoms with Crippen LogP contribution in [0.4, 0.5) is 10.5 Å². The molecule has 20 heavy (non-hydrogen) atoms. The van der Waals surface area contributed by atoms with Crippen LogP contribution in [0.25, 0.3) is 0 Å². The molecule has 3 N–H and O–H groups in total. The van der Waals surface area contributed by atoms with Crippen molar-refractivity contribution in [3.8, 4) is 0 Å². The predicted molar refractivity (Wildman–Crippen MR) is 79.4 cm³/mol. The minimum absolute atomic E-state index is 0.0177. The molecule has 1 rings (SSSR count). The number of carboxylic acids is 1. The summed E-state index contributed by atoms with van der Waals surface area (Å²) in [4.78, 5) is 22.4. The number of hydrogen-bond acceptors (Lipinski definition) is 3. The zero-order valence-electron chi connectivity index (χ0n) is 10.4. The molecule has 1 atom stereocenters. The van der Waals surface area contributed by atoms with Crippen molar-refractivity contribution < 1.29 is 18.9 Å². The van der Waals surface area contributed by atoms with Gasteiger partial charge in [0, 0.05) is 29.4 Å². The van der Waals surface area contributed by atoms with E-state index < -0.39 is 22.8 Å². The smallest absolute Gasteiger partial charge is 0.335 e. The number of amides is 2. The lowest BCUT2D eigenvalue weighted by atomic mass is 10.2. The van der Waals surface area contributed by atoms with Gasteiger partial charge in [0.05, 0.1) is 21.3 Å². The summed E-state index contributed by atoms with van der Waals surface area (Å²) in [7, 11) is -1.01. The van der Waals surface area contributed by atoms with Crippen LogP contribution in [0.3, 0.4) is 0 Å². The summed E-state index contributed by atoms with van der Waals surface area (Å²) in [5.74, 6) is -0.845. The number of nitrogens with one attached hydrogen (secondary N) is 2. The summed E-state index contributed by atoms with van der Waals surface area (Å²) in [6.45, 7) is 0.234.